The minimum atomic E-state index is 0.140. The first-order valence-corrected chi connectivity index (χ1v) is 8.33. The van der Waals surface area contributed by atoms with Gasteiger partial charge in [-0.3, -0.25) is 4.90 Å². The summed E-state index contributed by atoms with van der Waals surface area (Å²) >= 11 is 0. The van der Waals surface area contributed by atoms with Crippen molar-refractivity contribution >= 4 is 5.69 Å². The van der Waals surface area contributed by atoms with E-state index in [9.17, 15) is 5.11 Å². The molecule has 6 heteroatoms. The first-order valence-electron chi connectivity index (χ1n) is 8.33. The largest absolute Gasteiger partial charge is 0.506 e. The number of anilines is 1. The summed E-state index contributed by atoms with van der Waals surface area (Å²) in [6.45, 7) is 5.71. The van der Waals surface area contributed by atoms with Crippen molar-refractivity contribution < 1.29 is 9.63 Å². The minimum Gasteiger partial charge on any atom is -0.506 e. The van der Waals surface area contributed by atoms with E-state index in [1.54, 1.807) is 6.07 Å². The van der Waals surface area contributed by atoms with Gasteiger partial charge in [0.1, 0.15) is 5.75 Å². The summed E-state index contributed by atoms with van der Waals surface area (Å²) in [7, 11) is 0. The van der Waals surface area contributed by atoms with Crippen molar-refractivity contribution in [3.63, 3.8) is 0 Å². The second-order valence-electron chi connectivity index (χ2n) is 6.45. The zero-order valence-corrected chi connectivity index (χ0v) is 13.4. The molecule has 0 amide bonds. The number of para-hydroxylation sites is 2. The predicted molar refractivity (Wildman–Crippen MR) is 86.6 cm³/mol. The lowest BCUT2D eigenvalue weighted by Gasteiger charge is -2.38. The van der Waals surface area contributed by atoms with E-state index in [2.05, 4.69) is 26.9 Å². The van der Waals surface area contributed by atoms with Gasteiger partial charge in [0, 0.05) is 32.1 Å². The van der Waals surface area contributed by atoms with Crippen molar-refractivity contribution in [2.75, 3.05) is 31.1 Å². The summed E-state index contributed by atoms with van der Waals surface area (Å²) in [5.41, 5.74) is 0.911. The second-order valence-corrected chi connectivity index (χ2v) is 6.45. The van der Waals surface area contributed by atoms with Gasteiger partial charge in [-0.2, -0.15) is 4.98 Å². The van der Waals surface area contributed by atoms with Gasteiger partial charge in [-0.1, -0.05) is 17.3 Å². The second kappa shape index (κ2) is 5.85. The molecule has 1 saturated heterocycles. The number of rotatable bonds is 4. The molecule has 1 N–H and O–H groups in total. The smallest absolute Gasteiger partial charge is 0.243 e. The monoisotopic (exact) mass is 314 g/mol. The molecule has 6 nitrogen and oxygen atoms in total. The Hall–Kier alpha value is -2.08. The molecule has 1 saturated carbocycles. The molecule has 4 rings (SSSR count). The predicted octanol–water partition coefficient (Wildman–Crippen LogP) is 2.54. The molecule has 23 heavy (non-hydrogen) atoms. The van der Waals surface area contributed by atoms with Crippen LogP contribution in [0.4, 0.5) is 5.69 Å². The first-order chi connectivity index (χ1) is 11.2. The third-order valence-electron chi connectivity index (χ3n) is 4.84. The van der Waals surface area contributed by atoms with Crippen LogP contribution < -0.4 is 4.90 Å². The molecule has 1 atom stereocenters. The summed E-state index contributed by atoms with van der Waals surface area (Å²) in [6, 6.07) is 7.66. The molecule has 2 heterocycles. The average molecular weight is 314 g/mol. The lowest BCUT2D eigenvalue weighted by Crippen LogP contribution is -2.47. The van der Waals surface area contributed by atoms with Crippen LogP contribution in [-0.4, -0.2) is 46.3 Å². The lowest BCUT2D eigenvalue weighted by molar-refractivity contribution is 0.164. The van der Waals surface area contributed by atoms with Crippen molar-refractivity contribution in [2.24, 2.45) is 0 Å². The number of hydrogen-bond acceptors (Lipinski definition) is 6. The maximum absolute atomic E-state index is 9.99. The molecule has 122 valence electrons. The molecule has 1 aliphatic heterocycles. The molecular formula is C17H22N4O2. The Labute approximate surface area is 135 Å². The number of phenols is 1. The van der Waals surface area contributed by atoms with Crippen LogP contribution in [0.25, 0.3) is 0 Å². The maximum atomic E-state index is 9.99. The molecule has 2 fully saturated rings. The van der Waals surface area contributed by atoms with Crippen LogP contribution in [-0.2, 0) is 0 Å². The quantitative estimate of drug-likeness (QED) is 0.935. The number of aromatic nitrogens is 2. The number of piperazine rings is 1. The molecular weight excluding hydrogens is 292 g/mol. The standard InChI is InChI=1S/C17H22N4O2/c1-12(17-18-16(19-23-17)13-6-7-13)20-8-10-21(11-9-20)14-4-2-3-5-15(14)22/h2-5,12-13,22H,6-11H2,1H3/t12-/m0/s1. The van der Waals surface area contributed by atoms with E-state index < -0.39 is 0 Å². The number of phenolic OH excluding ortho intramolecular Hbond substituents is 1. The van der Waals surface area contributed by atoms with Gasteiger partial charge in [-0.05, 0) is 31.9 Å². The highest BCUT2D eigenvalue weighted by atomic mass is 16.5. The number of benzene rings is 1. The van der Waals surface area contributed by atoms with E-state index in [0.717, 1.165) is 43.6 Å². The van der Waals surface area contributed by atoms with Crippen LogP contribution in [0.15, 0.2) is 28.8 Å². The Bertz CT molecular complexity index is 675. The SMILES string of the molecule is C[C@@H](c1nc(C2CC2)no1)N1CCN(c2ccccc2O)CC1. The highest BCUT2D eigenvalue weighted by molar-refractivity contribution is 5.57. The summed E-state index contributed by atoms with van der Waals surface area (Å²) in [5, 5.41) is 14.1. The molecule has 0 bridgehead atoms. The van der Waals surface area contributed by atoms with E-state index in [-0.39, 0.29) is 6.04 Å². The summed E-state index contributed by atoms with van der Waals surface area (Å²) in [4.78, 5) is 9.15. The Balaban J connectivity index is 1.39. The van der Waals surface area contributed by atoms with E-state index in [1.165, 1.54) is 12.8 Å². The molecule has 0 unspecified atom stereocenters. The van der Waals surface area contributed by atoms with Crippen molar-refractivity contribution in [2.45, 2.75) is 31.7 Å². The van der Waals surface area contributed by atoms with E-state index in [0.29, 0.717) is 11.7 Å². The molecule has 2 aromatic rings. The van der Waals surface area contributed by atoms with Gasteiger partial charge in [0.25, 0.3) is 0 Å². The molecule has 2 aliphatic rings. The summed E-state index contributed by atoms with van der Waals surface area (Å²) in [6.07, 6.45) is 2.37. The third-order valence-corrected chi connectivity index (χ3v) is 4.84. The highest BCUT2D eigenvalue weighted by Gasteiger charge is 2.31. The topological polar surface area (TPSA) is 65.6 Å². The van der Waals surface area contributed by atoms with Gasteiger partial charge in [-0.25, -0.2) is 0 Å². The summed E-state index contributed by atoms with van der Waals surface area (Å²) in [5.74, 6) is 2.47. The number of aromatic hydroxyl groups is 1. The molecule has 1 aromatic heterocycles. The Morgan fingerprint density at radius 2 is 1.91 bits per heavy atom. The van der Waals surface area contributed by atoms with Gasteiger partial charge in [0.15, 0.2) is 5.82 Å². The zero-order chi connectivity index (χ0) is 15.8. The Morgan fingerprint density at radius 3 is 2.61 bits per heavy atom. The first kappa shape index (κ1) is 14.5. The molecule has 1 aliphatic carbocycles. The van der Waals surface area contributed by atoms with E-state index >= 15 is 0 Å². The van der Waals surface area contributed by atoms with Gasteiger partial charge in [0.2, 0.25) is 5.89 Å². The van der Waals surface area contributed by atoms with Crippen molar-refractivity contribution in [1.29, 1.82) is 0 Å². The van der Waals surface area contributed by atoms with Crippen LogP contribution in [0.1, 0.15) is 43.4 Å². The normalized spacial score (nSPS) is 20.7. The van der Waals surface area contributed by atoms with Gasteiger partial charge >= 0.3 is 0 Å². The fourth-order valence-corrected chi connectivity index (χ4v) is 3.16. The zero-order valence-electron chi connectivity index (χ0n) is 13.4. The summed E-state index contributed by atoms with van der Waals surface area (Å²) < 4.78 is 5.46. The molecule has 0 spiro atoms. The van der Waals surface area contributed by atoms with Crippen LogP contribution in [0.3, 0.4) is 0 Å². The fraction of sp³-hybridized carbons (Fsp3) is 0.529. The van der Waals surface area contributed by atoms with E-state index in [4.69, 9.17) is 4.52 Å². The minimum absolute atomic E-state index is 0.140. The van der Waals surface area contributed by atoms with Gasteiger partial charge in [-0.15, -0.1) is 0 Å². The number of hydrogen-bond donors (Lipinski definition) is 1. The van der Waals surface area contributed by atoms with Gasteiger partial charge < -0.3 is 14.5 Å². The van der Waals surface area contributed by atoms with Crippen LogP contribution in [0.5, 0.6) is 5.75 Å². The maximum Gasteiger partial charge on any atom is 0.243 e. The highest BCUT2D eigenvalue weighted by Crippen LogP contribution is 2.38. The van der Waals surface area contributed by atoms with Crippen molar-refractivity contribution in [3.05, 3.63) is 36.0 Å². The Kier molecular flexibility index (Phi) is 3.69. The molecule has 1 aromatic carbocycles. The van der Waals surface area contributed by atoms with Crippen LogP contribution >= 0.6 is 0 Å². The van der Waals surface area contributed by atoms with Crippen molar-refractivity contribution in [3.8, 4) is 5.75 Å². The average Bonchev–Trinajstić information content (AvgIpc) is 3.32. The van der Waals surface area contributed by atoms with Crippen LogP contribution in [0, 0.1) is 0 Å². The number of nitrogens with zero attached hydrogens (tertiary/aromatic N) is 4. The van der Waals surface area contributed by atoms with Crippen LogP contribution in [0.2, 0.25) is 0 Å². The lowest BCUT2D eigenvalue weighted by atomic mass is 10.2. The fourth-order valence-electron chi connectivity index (χ4n) is 3.16. The third kappa shape index (κ3) is 2.91. The molecule has 0 radical (unpaired) electrons. The van der Waals surface area contributed by atoms with E-state index in [1.807, 2.05) is 18.2 Å². The van der Waals surface area contributed by atoms with Gasteiger partial charge in [0.05, 0.1) is 11.7 Å². The van der Waals surface area contributed by atoms with Crippen molar-refractivity contribution in [1.82, 2.24) is 15.0 Å². The Morgan fingerprint density at radius 1 is 1.17 bits per heavy atom.